The number of nitro groups is 1. The molecule has 0 N–H and O–H groups in total. The molecule has 0 aromatic heterocycles. The quantitative estimate of drug-likeness (QED) is 0.122. The van der Waals surface area contributed by atoms with Gasteiger partial charge in [0.1, 0.15) is 30.0 Å². The van der Waals surface area contributed by atoms with Crippen molar-refractivity contribution in [2.75, 3.05) is 13.2 Å². The molecule has 125 valence electrons. The van der Waals surface area contributed by atoms with Crippen molar-refractivity contribution in [2.45, 2.75) is 25.7 Å². The van der Waals surface area contributed by atoms with Gasteiger partial charge in [-0.05, 0) is 12.8 Å². The van der Waals surface area contributed by atoms with Crippen LogP contribution in [0.4, 0.5) is 0 Å². The van der Waals surface area contributed by atoms with E-state index in [-0.39, 0.29) is 32.7 Å². The molecule has 8 nitrogen and oxygen atoms in total. The van der Waals surface area contributed by atoms with Crippen LogP contribution in [-0.4, -0.2) is 36.0 Å². The maximum atomic E-state index is 11.9. The van der Waals surface area contributed by atoms with E-state index >= 15 is 0 Å². The first-order valence-electron chi connectivity index (χ1n) is 6.52. The molecule has 0 saturated heterocycles. The van der Waals surface area contributed by atoms with E-state index in [1.54, 1.807) is 0 Å². The summed E-state index contributed by atoms with van der Waals surface area (Å²) in [6, 6.07) is 0. The molecule has 1 radical (unpaired) electrons. The Labute approximate surface area is 140 Å². The van der Waals surface area contributed by atoms with Crippen molar-refractivity contribution >= 4 is 17.8 Å². The van der Waals surface area contributed by atoms with Gasteiger partial charge in [-0.3, -0.25) is 26.3 Å². The first kappa shape index (κ1) is 20.4. The van der Waals surface area contributed by atoms with Crippen LogP contribution in [0.15, 0.2) is 6.58 Å². The van der Waals surface area contributed by atoms with Crippen molar-refractivity contribution in [3.05, 3.63) is 22.8 Å². The molecule has 2 atom stereocenters. The van der Waals surface area contributed by atoms with Crippen LogP contribution in [-0.2, 0) is 43.3 Å². The zero-order valence-electron chi connectivity index (χ0n) is 11.7. The van der Waals surface area contributed by atoms with Crippen molar-refractivity contribution < 1.29 is 48.3 Å². The molecule has 1 rings (SSSR count). The summed E-state index contributed by atoms with van der Waals surface area (Å²) in [4.78, 5) is 43.7. The fourth-order valence-corrected chi connectivity index (χ4v) is 2.28. The van der Waals surface area contributed by atoms with Crippen LogP contribution < -0.4 is 0 Å². The minimum Gasteiger partial charge on any atom is -0.486 e. The molecule has 0 aromatic carbocycles. The molecule has 0 aliphatic heterocycles. The Morgan fingerprint density at radius 2 is 1.68 bits per heavy atom. The first-order chi connectivity index (χ1) is 9.97. The van der Waals surface area contributed by atoms with Gasteiger partial charge in [0, 0.05) is 19.5 Å². The molecule has 1 amide bonds. The molecule has 1 aliphatic carbocycles. The second-order valence-corrected chi connectivity index (χ2v) is 4.57. The molecule has 22 heavy (non-hydrogen) atoms. The predicted molar refractivity (Wildman–Crippen MR) is 68.2 cm³/mol. The minimum atomic E-state index is -1.15. The van der Waals surface area contributed by atoms with E-state index in [2.05, 4.69) is 11.3 Å². The van der Waals surface area contributed by atoms with E-state index in [9.17, 15) is 24.5 Å². The maximum Gasteiger partial charge on any atom is 0.448 e. The number of carbonyl (C=O) groups excluding carboxylic acids is 3. The van der Waals surface area contributed by atoms with Gasteiger partial charge in [-0.15, -0.1) is 0 Å². The molecular formula is C13H16NO7Rh-. The SMILES string of the molecule is C=[C-]C(=O)OCCOC(=O)C1CCCCC1C(=O)[N+](=O)[O-].[Rh]. The van der Waals surface area contributed by atoms with Crippen LogP contribution in [0.3, 0.4) is 0 Å². The molecule has 1 aliphatic rings. The van der Waals surface area contributed by atoms with Gasteiger partial charge >= 0.3 is 11.9 Å². The summed E-state index contributed by atoms with van der Waals surface area (Å²) in [5, 5.41) is 10.6. The third kappa shape index (κ3) is 6.01. The number of esters is 2. The standard InChI is InChI=1S/C13H16NO7.Rh/c1-2-11(15)20-7-8-21-13(17)10-6-4-3-5-9(10)12(16)14(18)19;/h9-10H,1,3-8H2;/q-1;. The fraction of sp³-hybridized carbons (Fsp3) is 0.615. The van der Waals surface area contributed by atoms with Crippen LogP contribution >= 0.6 is 0 Å². The number of ether oxygens (including phenoxy) is 2. The van der Waals surface area contributed by atoms with E-state index in [0.29, 0.717) is 25.7 Å². The van der Waals surface area contributed by atoms with Gasteiger partial charge in [-0.2, -0.15) is 0 Å². The number of rotatable bonds is 6. The van der Waals surface area contributed by atoms with Crippen LogP contribution in [0.25, 0.3) is 0 Å². The summed E-state index contributed by atoms with van der Waals surface area (Å²) in [5.41, 5.74) is 0. The van der Waals surface area contributed by atoms with Crippen molar-refractivity contribution in [3.63, 3.8) is 0 Å². The minimum absolute atomic E-state index is 0. The zero-order valence-corrected chi connectivity index (χ0v) is 13.4. The summed E-state index contributed by atoms with van der Waals surface area (Å²) < 4.78 is 9.47. The molecule has 9 heteroatoms. The molecule has 0 aromatic rings. The fourth-order valence-electron chi connectivity index (χ4n) is 2.28. The van der Waals surface area contributed by atoms with Crippen LogP contribution in [0.2, 0.25) is 0 Å². The Balaban J connectivity index is 0.00000441. The van der Waals surface area contributed by atoms with Gasteiger partial charge in [0.05, 0.1) is 5.92 Å². The summed E-state index contributed by atoms with van der Waals surface area (Å²) in [5.74, 6) is -4.33. The smallest absolute Gasteiger partial charge is 0.448 e. The Morgan fingerprint density at radius 3 is 2.23 bits per heavy atom. The van der Waals surface area contributed by atoms with Crippen LogP contribution in [0, 0.1) is 28.0 Å². The van der Waals surface area contributed by atoms with Gasteiger partial charge in [-0.25, -0.2) is 4.79 Å². The molecule has 1 saturated carbocycles. The summed E-state index contributed by atoms with van der Waals surface area (Å²) in [6.45, 7) is 2.75. The van der Waals surface area contributed by atoms with E-state index in [1.165, 1.54) is 0 Å². The molecule has 0 spiro atoms. The second kappa shape index (κ2) is 10.2. The first-order valence-corrected chi connectivity index (χ1v) is 6.52. The molecule has 0 bridgehead atoms. The normalized spacial score (nSPS) is 20.2. The van der Waals surface area contributed by atoms with E-state index in [1.807, 2.05) is 6.08 Å². The number of hydrogen-bond acceptors (Lipinski definition) is 7. The Morgan fingerprint density at radius 1 is 1.14 bits per heavy atom. The van der Waals surface area contributed by atoms with Gasteiger partial charge in [0.2, 0.25) is 0 Å². The Hall–Kier alpha value is -1.63. The van der Waals surface area contributed by atoms with Crippen LogP contribution in [0.5, 0.6) is 0 Å². The average Bonchev–Trinajstić information content (AvgIpc) is 2.50. The maximum absolute atomic E-state index is 11.9. The topological polar surface area (TPSA) is 113 Å². The summed E-state index contributed by atoms with van der Waals surface area (Å²) >= 11 is 0. The van der Waals surface area contributed by atoms with Crippen LogP contribution in [0.1, 0.15) is 25.7 Å². The number of amides is 1. The third-order valence-corrected chi connectivity index (χ3v) is 3.27. The summed E-state index contributed by atoms with van der Waals surface area (Å²) in [6.07, 6.45) is 4.04. The molecule has 2 unspecified atom stereocenters. The zero-order chi connectivity index (χ0) is 15.8. The molecule has 1 fully saturated rings. The van der Waals surface area contributed by atoms with Crippen molar-refractivity contribution in [3.8, 4) is 0 Å². The Bertz CT molecular complexity index is 452. The van der Waals surface area contributed by atoms with E-state index < -0.39 is 34.6 Å². The molecule has 0 heterocycles. The third-order valence-electron chi connectivity index (χ3n) is 3.27. The van der Waals surface area contributed by atoms with Crippen molar-refractivity contribution in [1.82, 2.24) is 0 Å². The van der Waals surface area contributed by atoms with Crippen molar-refractivity contribution in [1.29, 1.82) is 0 Å². The van der Waals surface area contributed by atoms with Gasteiger partial charge in [-0.1, -0.05) is 12.8 Å². The average molecular weight is 401 g/mol. The van der Waals surface area contributed by atoms with Crippen molar-refractivity contribution in [2.24, 2.45) is 11.8 Å². The monoisotopic (exact) mass is 401 g/mol. The number of hydrogen-bond donors (Lipinski definition) is 0. The largest absolute Gasteiger partial charge is 0.486 e. The number of nitrogens with zero attached hydrogens (tertiary/aromatic N) is 1. The molecular weight excluding hydrogens is 385 g/mol. The summed E-state index contributed by atoms with van der Waals surface area (Å²) in [7, 11) is 0. The van der Waals surface area contributed by atoms with E-state index in [4.69, 9.17) is 4.74 Å². The van der Waals surface area contributed by atoms with Gasteiger partial charge in [0.25, 0.3) is 0 Å². The predicted octanol–water partition coefficient (Wildman–Crippen LogP) is 0.669. The second-order valence-electron chi connectivity index (χ2n) is 4.57. The van der Waals surface area contributed by atoms with Gasteiger partial charge in [0.15, 0.2) is 0 Å². The number of carbonyl (C=O) groups is 3. The Kier molecular flexibility index (Phi) is 9.41. The van der Waals surface area contributed by atoms with Gasteiger partial charge < -0.3 is 15.5 Å². The van der Waals surface area contributed by atoms with E-state index in [0.717, 1.165) is 0 Å².